The summed E-state index contributed by atoms with van der Waals surface area (Å²) in [5.41, 5.74) is -2.00. The first-order valence-electron chi connectivity index (χ1n) is 11.1. The Hall–Kier alpha value is -1.42. The fourth-order valence-electron chi connectivity index (χ4n) is 5.46. The van der Waals surface area contributed by atoms with Crippen LogP contribution in [0.4, 0.5) is 0 Å². The molecule has 8 nitrogen and oxygen atoms in total. The average Bonchev–Trinajstić information content (AvgIpc) is 2.73. The van der Waals surface area contributed by atoms with Crippen LogP contribution in [0.2, 0.25) is 0 Å². The summed E-state index contributed by atoms with van der Waals surface area (Å²) in [5, 5.41) is 42.8. The van der Waals surface area contributed by atoms with Gasteiger partial charge in [0.15, 0.2) is 0 Å². The summed E-state index contributed by atoms with van der Waals surface area (Å²) < 4.78 is 24.3. The van der Waals surface area contributed by atoms with E-state index in [1.54, 1.807) is 13.8 Å². The number of phenols is 1. The number of aliphatic hydroxyl groups is 3. The summed E-state index contributed by atoms with van der Waals surface area (Å²) >= 11 is 0. The van der Waals surface area contributed by atoms with Crippen LogP contribution in [-0.2, 0) is 20.6 Å². The van der Waals surface area contributed by atoms with Gasteiger partial charge in [0.25, 0.3) is 0 Å². The van der Waals surface area contributed by atoms with Gasteiger partial charge in [-0.2, -0.15) is 0 Å². The van der Waals surface area contributed by atoms with Gasteiger partial charge in [0.1, 0.15) is 40.5 Å². The summed E-state index contributed by atoms with van der Waals surface area (Å²) in [7, 11) is 0. The zero-order valence-electron chi connectivity index (χ0n) is 20.3. The van der Waals surface area contributed by atoms with Gasteiger partial charge in [-0.25, -0.2) is 0 Å². The molecule has 0 radical (unpaired) electrons. The number of aliphatic hydroxyl groups excluding tert-OH is 1. The molecule has 0 amide bonds. The largest absolute Gasteiger partial charge is 0.507 e. The van der Waals surface area contributed by atoms with Gasteiger partial charge >= 0.3 is 0 Å². The van der Waals surface area contributed by atoms with Crippen molar-refractivity contribution in [3.63, 3.8) is 0 Å². The zero-order valence-corrected chi connectivity index (χ0v) is 20.3. The summed E-state index contributed by atoms with van der Waals surface area (Å²) in [6.07, 6.45) is 1.34. The fourth-order valence-corrected chi connectivity index (χ4v) is 5.46. The van der Waals surface area contributed by atoms with Crippen LogP contribution < -0.4 is 4.74 Å². The highest BCUT2D eigenvalue weighted by atomic mass is 16.9. The number of fused-ring (bicyclic) bond motifs is 3. The standard InChI is InChI=1S/C24H36O8/c1-13-14(2)18-16(15(3)17(13)26)9-10-19(4,30-18)12-29-23(8)20(5,27)22(7)21(6,28)24(11-25,31-22)32-23/h25-28H,9-12H2,1-8H3/t19?,20?,21-,22+,23-,24?/m0/s1. The van der Waals surface area contributed by atoms with Crippen molar-refractivity contribution in [2.75, 3.05) is 13.2 Å². The first kappa shape index (κ1) is 23.7. The van der Waals surface area contributed by atoms with E-state index < -0.39 is 40.6 Å². The predicted molar refractivity (Wildman–Crippen MR) is 116 cm³/mol. The molecule has 4 aliphatic heterocycles. The van der Waals surface area contributed by atoms with Crippen molar-refractivity contribution in [1.82, 2.24) is 0 Å². The molecule has 1 aromatic carbocycles. The van der Waals surface area contributed by atoms with Gasteiger partial charge in [-0.15, -0.1) is 0 Å². The third kappa shape index (κ3) is 2.59. The number of hydrogen-bond acceptors (Lipinski definition) is 8. The Morgan fingerprint density at radius 1 is 0.906 bits per heavy atom. The van der Waals surface area contributed by atoms with Crippen molar-refractivity contribution in [2.24, 2.45) is 0 Å². The minimum atomic E-state index is -1.74. The Bertz CT molecular complexity index is 971. The van der Waals surface area contributed by atoms with Crippen molar-refractivity contribution in [3.05, 3.63) is 22.3 Å². The topological polar surface area (TPSA) is 118 Å². The molecule has 4 heterocycles. The van der Waals surface area contributed by atoms with Crippen LogP contribution in [0, 0.1) is 20.8 Å². The van der Waals surface area contributed by atoms with Gasteiger partial charge in [-0.3, -0.25) is 0 Å². The lowest BCUT2D eigenvalue weighted by Crippen LogP contribution is -2.95. The molecule has 6 atom stereocenters. The normalized spacial score (nSPS) is 45.1. The van der Waals surface area contributed by atoms with Gasteiger partial charge in [0.2, 0.25) is 11.6 Å². The molecule has 0 saturated carbocycles. The molecule has 1 aromatic rings. The van der Waals surface area contributed by atoms with Crippen molar-refractivity contribution in [1.29, 1.82) is 0 Å². The van der Waals surface area contributed by atoms with Gasteiger partial charge < -0.3 is 39.4 Å². The minimum Gasteiger partial charge on any atom is -0.507 e. The van der Waals surface area contributed by atoms with Gasteiger partial charge in [-0.1, -0.05) is 0 Å². The second-order valence-electron chi connectivity index (χ2n) is 10.6. The third-order valence-corrected chi connectivity index (χ3v) is 8.67. The second kappa shape index (κ2) is 6.58. The SMILES string of the molecule is Cc1c(C)c2c(c(C)c1O)CCC(C)(CO[C@@]1(C)OC3(CO)O[C@](C)(C1(C)O)[C@]3(C)O)O2. The Labute approximate surface area is 189 Å². The summed E-state index contributed by atoms with van der Waals surface area (Å²) in [6, 6.07) is 0. The van der Waals surface area contributed by atoms with Crippen LogP contribution in [0.15, 0.2) is 0 Å². The van der Waals surface area contributed by atoms with E-state index in [4.69, 9.17) is 18.9 Å². The third-order valence-electron chi connectivity index (χ3n) is 8.67. The summed E-state index contributed by atoms with van der Waals surface area (Å²) in [4.78, 5) is 0. The molecule has 32 heavy (non-hydrogen) atoms. The van der Waals surface area contributed by atoms with Gasteiger partial charge in [-0.05, 0) is 84.9 Å². The van der Waals surface area contributed by atoms with E-state index in [2.05, 4.69) is 0 Å². The van der Waals surface area contributed by atoms with E-state index in [1.165, 1.54) is 13.8 Å². The van der Waals surface area contributed by atoms with E-state index in [0.717, 1.165) is 28.0 Å². The molecule has 0 aromatic heterocycles. The highest BCUT2D eigenvalue weighted by Gasteiger charge is 2.86. The molecule has 180 valence electrons. The van der Waals surface area contributed by atoms with Crippen LogP contribution in [0.1, 0.15) is 63.3 Å². The molecule has 3 fully saturated rings. The van der Waals surface area contributed by atoms with Crippen LogP contribution in [-0.4, -0.2) is 67.6 Å². The van der Waals surface area contributed by atoms with Gasteiger partial charge in [0, 0.05) is 5.56 Å². The predicted octanol–water partition coefficient (Wildman–Crippen LogP) is 2.14. The maximum absolute atomic E-state index is 11.4. The molecule has 8 heteroatoms. The Morgan fingerprint density at radius 2 is 1.53 bits per heavy atom. The monoisotopic (exact) mass is 452 g/mol. The van der Waals surface area contributed by atoms with Crippen molar-refractivity contribution < 1.29 is 39.4 Å². The smallest absolute Gasteiger partial charge is 0.227 e. The van der Waals surface area contributed by atoms with E-state index >= 15 is 0 Å². The number of hydrogen-bond donors (Lipinski definition) is 4. The Kier molecular flexibility index (Phi) is 4.88. The van der Waals surface area contributed by atoms with Crippen molar-refractivity contribution >= 4 is 0 Å². The highest BCUT2D eigenvalue weighted by molar-refractivity contribution is 5.58. The lowest BCUT2D eigenvalue weighted by molar-refractivity contribution is -0.605. The first-order chi connectivity index (χ1) is 14.5. The number of rotatable bonds is 4. The maximum atomic E-state index is 11.4. The molecule has 3 saturated heterocycles. The van der Waals surface area contributed by atoms with Crippen molar-refractivity contribution in [3.8, 4) is 11.5 Å². The Balaban J connectivity index is 1.61. The van der Waals surface area contributed by atoms with E-state index in [1.807, 2.05) is 27.7 Å². The lowest BCUT2D eigenvalue weighted by Gasteiger charge is -2.75. The van der Waals surface area contributed by atoms with Crippen LogP contribution in [0.3, 0.4) is 0 Å². The highest BCUT2D eigenvalue weighted by Crippen LogP contribution is 2.65. The molecule has 2 bridgehead atoms. The number of phenolic OH excluding ortho intramolecular Hbond substituents is 1. The van der Waals surface area contributed by atoms with E-state index in [9.17, 15) is 20.4 Å². The quantitative estimate of drug-likeness (QED) is 0.549. The lowest BCUT2D eigenvalue weighted by atomic mass is 9.59. The summed E-state index contributed by atoms with van der Waals surface area (Å²) in [5.74, 6) is -2.21. The molecule has 0 aliphatic carbocycles. The van der Waals surface area contributed by atoms with Crippen LogP contribution in [0.5, 0.6) is 11.5 Å². The average molecular weight is 453 g/mol. The molecular weight excluding hydrogens is 416 g/mol. The number of benzene rings is 1. The van der Waals surface area contributed by atoms with Crippen LogP contribution >= 0.6 is 0 Å². The van der Waals surface area contributed by atoms with Crippen LogP contribution in [0.25, 0.3) is 0 Å². The first-order valence-corrected chi connectivity index (χ1v) is 11.1. The van der Waals surface area contributed by atoms with E-state index in [-0.39, 0.29) is 6.61 Å². The molecule has 5 rings (SSSR count). The second-order valence-corrected chi connectivity index (χ2v) is 10.6. The molecule has 3 unspecified atom stereocenters. The molecule has 0 spiro atoms. The van der Waals surface area contributed by atoms with Gasteiger partial charge in [0.05, 0.1) is 6.61 Å². The zero-order chi connectivity index (χ0) is 24.1. The number of aromatic hydroxyl groups is 1. The molecule has 4 aliphatic rings. The number of ether oxygens (including phenoxy) is 4. The fraction of sp³-hybridized carbons (Fsp3) is 0.750. The molecule has 4 N–H and O–H groups in total. The summed E-state index contributed by atoms with van der Waals surface area (Å²) in [6.45, 7) is 13.3. The maximum Gasteiger partial charge on any atom is 0.227 e. The van der Waals surface area contributed by atoms with Crippen molar-refractivity contribution in [2.45, 2.75) is 102 Å². The minimum absolute atomic E-state index is 0.0945. The Morgan fingerprint density at radius 3 is 2.09 bits per heavy atom. The molecular formula is C24H36O8. The van der Waals surface area contributed by atoms with E-state index in [0.29, 0.717) is 18.6 Å².